The first-order valence-electron chi connectivity index (χ1n) is 8.16. The van der Waals surface area contributed by atoms with Crippen LogP contribution in [0.4, 0.5) is 0 Å². The first kappa shape index (κ1) is 19.3. The van der Waals surface area contributed by atoms with Crippen LogP contribution in [0.5, 0.6) is 0 Å². The molecule has 1 unspecified atom stereocenters. The number of likely N-dealkylation sites (tertiary alicyclic amines) is 1. The van der Waals surface area contributed by atoms with Crippen LogP contribution in [0.15, 0.2) is 0 Å². The van der Waals surface area contributed by atoms with Crippen LogP contribution < -0.4 is 16.4 Å². The van der Waals surface area contributed by atoms with E-state index >= 15 is 0 Å². The second-order valence-corrected chi connectivity index (χ2v) is 6.85. The maximum atomic E-state index is 11.6. The Balaban J connectivity index is 1.89. The number of rotatable bonds is 11. The van der Waals surface area contributed by atoms with Crippen molar-refractivity contribution in [1.82, 2.24) is 15.5 Å². The van der Waals surface area contributed by atoms with Gasteiger partial charge < -0.3 is 21.3 Å². The minimum Gasteiger partial charge on any atom is -0.369 e. The van der Waals surface area contributed by atoms with Crippen LogP contribution in [0.3, 0.4) is 0 Å². The van der Waals surface area contributed by atoms with Crippen LogP contribution in [-0.2, 0) is 9.59 Å². The number of carbonyl (C=O) groups is 2. The predicted molar refractivity (Wildman–Crippen MR) is 91.9 cm³/mol. The van der Waals surface area contributed by atoms with E-state index in [0.717, 1.165) is 19.6 Å². The molecular weight excluding hydrogens is 300 g/mol. The van der Waals surface area contributed by atoms with Crippen LogP contribution in [-0.4, -0.2) is 67.5 Å². The minimum absolute atomic E-state index is 0.0134. The lowest BCUT2D eigenvalue weighted by molar-refractivity contribution is -0.121. The quantitative estimate of drug-likeness (QED) is 0.465. The number of hydrogen-bond acceptors (Lipinski definition) is 5. The number of nitrogens with one attached hydrogen (secondary N) is 2. The summed E-state index contributed by atoms with van der Waals surface area (Å²) in [6, 6.07) is 0. The van der Waals surface area contributed by atoms with E-state index in [0.29, 0.717) is 18.1 Å². The molecule has 1 atom stereocenters. The molecular formula is C15H30N4O2S. The van der Waals surface area contributed by atoms with Gasteiger partial charge in [-0.3, -0.25) is 9.59 Å². The minimum atomic E-state index is -0.314. The van der Waals surface area contributed by atoms with E-state index in [1.54, 1.807) is 6.92 Å². The lowest BCUT2D eigenvalue weighted by Gasteiger charge is -2.26. The second kappa shape index (κ2) is 11.7. The SMILES string of the molecule is CC(CSCC(=O)NCCNCCN1CCCCC1)C(N)=O. The Kier molecular flexibility index (Phi) is 10.3. The number of thioether (sulfide) groups is 1. The van der Waals surface area contributed by atoms with Gasteiger partial charge in [-0.05, 0) is 25.9 Å². The highest BCUT2D eigenvalue weighted by Gasteiger charge is 2.10. The number of amides is 2. The summed E-state index contributed by atoms with van der Waals surface area (Å²) in [5.41, 5.74) is 5.17. The van der Waals surface area contributed by atoms with E-state index in [9.17, 15) is 9.59 Å². The Morgan fingerprint density at radius 3 is 2.59 bits per heavy atom. The first-order valence-corrected chi connectivity index (χ1v) is 9.32. The molecule has 1 fully saturated rings. The van der Waals surface area contributed by atoms with Crippen molar-refractivity contribution >= 4 is 23.6 Å². The molecule has 0 saturated carbocycles. The van der Waals surface area contributed by atoms with Gasteiger partial charge in [0.1, 0.15) is 0 Å². The van der Waals surface area contributed by atoms with Gasteiger partial charge in [-0.15, -0.1) is 0 Å². The van der Waals surface area contributed by atoms with Crippen LogP contribution in [0.2, 0.25) is 0 Å². The van der Waals surface area contributed by atoms with Crippen LogP contribution >= 0.6 is 11.8 Å². The van der Waals surface area contributed by atoms with Crippen molar-refractivity contribution in [3.05, 3.63) is 0 Å². The van der Waals surface area contributed by atoms with Gasteiger partial charge in [0.15, 0.2) is 0 Å². The monoisotopic (exact) mass is 330 g/mol. The van der Waals surface area contributed by atoms with Crippen molar-refractivity contribution < 1.29 is 9.59 Å². The zero-order valence-corrected chi connectivity index (χ0v) is 14.4. The molecule has 128 valence electrons. The third-order valence-corrected chi connectivity index (χ3v) is 4.97. The molecule has 2 amide bonds. The van der Waals surface area contributed by atoms with Gasteiger partial charge in [0.2, 0.25) is 11.8 Å². The third kappa shape index (κ3) is 9.27. The molecule has 0 aromatic carbocycles. The summed E-state index contributed by atoms with van der Waals surface area (Å²) in [5.74, 6) is 0.488. The molecule has 6 nitrogen and oxygen atoms in total. The Morgan fingerprint density at radius 2 is 1.91 bits per heavy atom. The van der Waals surface area contributed by atoms with Crippen molar-refractivity contribution in [1.29, 1.82) is 0 Å². The van der Waals surface area contributed by atoms with Crippen LogP contribution in [0.25, 0.3) is 0 Å². The molecule has 1 heterocycles. The topological polar surface area (TPSA) is 87.5 Å². The lowest BCUT2D eigenvalue weighted by atomic mass is 10.1. The average Bonchev–Trinajstić information content (AvgIpc) is 2.51. The van der Waals surface area contributed by atoms with Gasteiger partial charge in [-0.2, -0.15) is 11.8 Å². The summed E-state index contributed by atoms with van der Waals surface area (Å²) in [4.78, 5) is 24.9. The summed E-state index contributed by atoms with van der Waals surface area (Å²) in [6.07, 6.45) is 4.01. The van der Waals surface area contributed by atoms with Gasteiger partial charge in [0.25, 0.3) is 0 Å². The molecule has 0 aromatic heterocycles. The number of primary amides is 1. The zero-order chi connectivity index (χ0) is 16.2. The number of nitrogens with two attached hydrogens (primary N) is 1. The first-order chi connectivity index (χ1) is 10.6. The Labute approximate surface area is 137 Å². The maximum absolute atomic E-state index is 11.6. The van der Waals surface area contributed by atoms with Crippen molar-refractivity contribution in [3.63, 3.8) is 0 Å². The third-order valence-electron chi connectivity index (χ3n) is 3.76. The Morgan fingerprint density at radius 1 is 1.18 bits per heavy atom. The van der Waals surface area contributed by atoms with Gasteiger partial charge >= 0.3 is 0 Å². The fraction of sp³-hybridized carbons (Fsp3) is 0.867. The standard InChI is InChI=1S/C15H30N4O2S/c1-13(15(16)21)11-22-12-14(20)18-6-5-17-7-10-19-8-3-2-4-9-19/h13,17H,2-12H2,1H3,(H2,16,21)(H,18,20). The van der Waals surface area contributed by atoms with Crippen molar-refractivity contribution in [2.75, 3.05) is 50.8 Å². The molecule has 7 heteroatoms. The van der Waals surface area contributed by atoms with Crippen LogP contribution in [0, 0.1) is 5.92 Å². The summed E-state index contributed by atoms with van der Waals surface area (Å²) >= 11 is 1.44. The van der Waals surface area contributed by atoms with Gasteiger partial charge in [-0.1, -0.05) is 13.3 Å². The zero-order valence-electron chi connectivity index (χ0n) is 13.6. The molecule has 22 heavy (non-hydrogen) atoms. The highest BCUT2D eigenvalue weighted by Crippen LogP contribution is 2.07. The molecule has 0 aromatic rings. The summed E-state index contributed by atoms with van der Waals surface area (Å²) in [6.45, 7) is 7.72. The molecule has 0 radical (unpaired) electrons. The van der Waals surface area contributed by atoms with E-state index in [1.807, 2.05) is 0 Å². The average molecular weight is 330 g/mol. The normalized spacial score (nSPS) is 17.1. The van der Waals surface area contributed by atoms with Crippen LogP contribution in [0.1, 0.15) is 26.2 Å². The smallest absolute Gasteiger partial charge is 0.230 e. The van der Waals surface area contributed by atoms with Crippen molar-refractivity contribution in [3.8, 4) is 0 Å². The predicted octanol–water partition coefficient (Wildman–Crippen LogP) is 0.0327. The van der Waals surface area contributed by atoms with E-state index in [-0.39, 0.29) is 17.7 Å². The number of piperidine rings is 1. The van der Waals surface area contributed by atoms with E-state index in [1.165, 1.54) is 44.1 Å². The maximum Gasteiger partial charge on any atom is 0.230 e. The van der Waals surface area contributed by atoms with Crippen molar-refractivity contribution in [2.45, 2.75) is 26.2 Å². The van der Waals surface area contributed by atoms with Gasteiger partial charge in [-0.25, -0.2) is 0 Å². The lowest BCUT2D eigenvalue weighted by Crippen LogP contribution is -2.38. The molecule has 1 aliphatic rings. The number of nitrogens with zero attached hydrogens (tertiary/aromatic N) is 1. The van der Waals surface area contributed by atoms with E-state index in [2.05, 4.69) is 15.5 Å². The van der Waals surface area contributed by atoms with E-state index in [4.69, 9.17) is 5.73 Å². The highest BCUT2D eigenvalue weighted by atomic mass is 32.2. The number of carbonyl (C=O) groups excluding carboxylic acids is 2. The molecule has 0 aliphatic carbocycles. The molecule has 0 spiro atoms. The Bertz CT molecular complexity index is 336. The summed E-state index contributed by atoms with van der Waals surface area (Å²) in [5, 5.41) is 6.22. The highest BCUT2D eigenvalue weighted by molar-refractivity contribution is 7.99. The Hall–Kier alpha value is -0.790. The fourth-order valence-electron chi connectivity index (χ4n) is 2.30. The molecule has 1 aliphatic heterocycles. The summed E-state index contributed by atoms with van der Waals surface area (Å²) in [7, 11) is 0. The van der Waals surface area contributed by atoms with Gasteiger partial charge in [0, 0.05) is 37.8 Å². The molecule has 0 bridgehead atoms. The van der Waals surface area contributed by atoms with Gasteiger partial charge in [0.05, 0.1) is 5.75 Å². The van der Waals surface area contributed by atoms with E-state index < -0.39 is 0 Å². The molecule has 1 rings (SSSR count). The molecule has 1 saturated heterocycles. The largest absolute Gasteiger partial charge is 0.369 e. The summed E-state index contributed by atoms with van der Waals surface area (Å²) < 4.78 is 0. The fourth-order valence-corrected chi connectivity index (χ4v) is 3.22. The number of hydrogen-bond donors (Lipinski definition) is 3. The van der Waals surface area contributed by atoms with Crippen molar-refractivity contribution in [2.24, 2.45) is 11.7 Å². The molecule has 4 N–H and O–H groups in total. The second-order valence-electron chi connectivity index (χ2n) is 5.82.